The van der Waals surface area contributed by atoms with Gasteiger partial charge in [0.1, 0.15) is 6.54 Å². The van der Waals surface area contributed by atoms with Crippen molar-refractivity contribution in [2.24, 2.45) is 0 Å². The third kappa shape index (κ3) is 1.63. The molecule has 0 bridgehead atoms. The van der Waals surface area contributed by atoms with Gasteiger partial charge in [0, 0.05) is 16.1 Å². The van der Waals surface area contributed by atoms with Crippen LogP contribution in [0.2, 0.25) is 0 Å². The topological polar surface area (TPSA) is 55.1 Å². The Morgan fingerprint density at radius 1 is 1.57 bits per heavy atom. The molecule has 0 saturated carbocycles. The largest absolute Gasteiger partial charge is 0.480 e. The Hall–Kier alpha value is -1.36. The first-order valence-corrected chi connectivity index (χ1v) is 4.79. The van der Waals surface area contributed by atoms with E-state index in [0.717, 1.165) is 15.4 Å². The van der Waals surface area contributed by atoms with Crippen LogP contribution in [0.1, 0.15) is 0 Å². The third-order valence-corrected chi connectivity index (χ3v) is 2.53. The molecule has 1 aromatic carbocycles. The molecule has 0 aliphatic rings. The number of carboxylic acids is 1. The third-order valence-electron chi connectivity index (χ3n) is 1.84. The van der Waals surface area contributed by atoms with Crippen molar-refractivity contribution in [3.8, 4) is 0 Å². The van der Waals surface area contributed by atoms with Crippen molar-refractivity contribution in [3.63, 3.8) is 0 Å². The maximum absolute atomic E-state index is 10.5. The number of carbonyl (C=O) groups is 1. The molecule has 5 heteroatoms. The lowest BCUT2D eigenvalue weighted by molar-refractivity contribution is -0.137. The summed E-state index contributed by atoms with van der Waals surface area (Å²) < 4.78 is 2.34. The number of hydrogen-bond donors (Lipinski definition) is 1. The van der Waals surface area contributed by atoms with Crippen molar-refractivity contribution in [1.82, 2.24) is 9.78 Å². The zero-order valence-corrected chi connectivity index (χ0v) is 8.73. The molecule has 0 fully saturated rings. The first kappa shape index (κ1) is 9.21. The highest BCUT2D eigenvalue weighted by atomic mass is 79.9. The summed E-state index contributed by atoms with van der Waals surface area (Å²) in [6.07, 6.45) is 1.72. The fourth-order valence-corrected chi connectivity index (χ4v) is 1.73. The molecule has 4 nitrogen and oxygen atoms in total. The number of nitrogens with zero attached hydrogens (tertiary/aromatic N) is 2. The average molecular weight is 255 g/mol. The SMILES string of the molecule is O=C(O)Cn1cc2c(Br)cccc2n1. The van der Waals surface area contributed by atoms with Crippen LogP contribution >= 0.6 is 15.9 Å². The molecule has 1 aromatic heterocycles. The van der Waals surface area contributed by atoms with Gasteiger partial charge in [-0.25, -0.2) is 0 Å². The number of aliphatic carboxylic acids is 1. The van der Waals surface area contributed by atoms with E-state index in [1.807, 2.05) is 18.2 Å². The van der Waals surface area contributed by atoms with E-state index in [4.69, 9.17) is 5.11 Å². The van der Waals surface area contributed by atoms with Crippen LogP contribution < -0.4 is 0 Å². The Morgan fingerprint density at radius 2 is 2.36 bits per heavy atom. The van der Waals surface area contributed by atoms with Crippen LogP contribution in [0.3, 0.4) is 0 Å². The van der Waals surface area contributed by atoms with Crippen molar-refractivity contribution in [2.75, 3.05) is 0 Å². The van der Waals surface area contributed by atoms with Gasteiger partial charge < -0.3 is 5.11 Å². The first-order valence-electron chi connectivity index (χ1n) is 4.00. The van der Waals surface area contributed by atoms with Gasteiger partial charge >= 0.3 is 5.97 Å². The average Bonchev–Trinajstić information content (AvgIpc) is 2.47. The lowest BCUT2D eigenvalue weighted by atomic mass is 10.3. The maximum atomic E-state index is 10.5. The molecule has 2 rings (SSSR count). The Labute approximate surface area is 88.3 Å². The van der Waals surface area contributed by atoms with Gasteiger partial charge in [-0.3, -0.25) is 9.48 Å². The maximum Gasteiger partial charge on any atom is 0.325 e. The van der Waals surface area contributed by atoms with Crippen molar-refractivity contribution < 1.29 is 9.90 Å². The summed E-state index contributed by atoms with van der Waals surface area (Å²) >= 11 is 3.38. The van der Waals surface area contributed by atoms with Crippen molar-refractivity contribution in [1.29, 1.82) is 0 Å². The van der Waals surface area contributed by atoms with Gasteiger partial charge in [0.05, 0.1) is 5.52 Å². The van der Waals surface area contributed by atoms with E-state index < -0.39 is 5.97 Å². The van der Waals surface area contributed by atoms with Crippen LogP contribution in [0, 0.1) is 0 Å². The van der Waals surface area contributed by atoms with E-state index in [-0.39, 0.29) is 6.54 Å². The molecule has 0 amide bonds. The van der Waals surface area contributed by atoms with Crippen molar-refractivity contribution >= 4 is 32.8 Å². The summed E-state index contributed by atoms with van der Waals surface area (Å²) in [5.74, 6) is -0.895. The number of halogens is 1. The molecule has 0 atom stereocenters. The minimum absolute atomic E-state index is 0.110. The summed E-state index contributed by atoms with van der Waals surface area (Å²) in [6, 6.07) is 5.61. The molecule has 0 unspecified atom stereocenters. The van der Waals surface area contributed by atoms with Crippen LogP contribution in [0.25, 0.3) is 10.9 Å². The van der Waals surface area contributed by atoms with E-state index in [9.17, 15) is 4.79 Å². The Kier molecular flexibility index (Phi) is 2.25. The summed E-state index contributed by atoms with van der Waals surface area (Å²) in [5.41, 5.74) is 0.792. The molecule has 0 aliphatic heterocycles. The Morgan fingerprint density at radius 3 is 3.00 bits per heavy atom. The van der Waals surface area contributed by atoms with Gasteiger partial charge in [0.2, 0.25) is 0 Å². The quantitative estimate of drug-likeness (QED) is 0.891. The second-order valence-corrected chi connectivity index (χ2v) is 3.75. The summed E-state index contributed by atoms with van der Waals surface area (Å²) in [5, 5.41) is 13.6. The van der Waals surface area contributed by atoms with Crippen LogP contribution in [-0.4, -0.2) is 20.9 Å². The molecule has 2 aromatic rings. The highest BCUT2D eigenvalue weighted by Gasteiger charge is 2.05. The molecule has 0 radical (unpaired) electrons. The number of carboxylic acid groups (broad SMARTS) is 1. The van der Waals surface area contributed by atoms with Crippen molar-refractivity contribution in [3.05, 3.63) is 28.9 Å². The minimum atomic E-state index is -0.895. The van der Waals surface area contributed by atoms with Gasteiger partial charge in [-0.05, 0) is 12.1 Å². The fraction of sp³-hybridized carbons (Fsp3) is 0.111. The van der Waals surface area contributed by atoms with Crippen molar-refractivity contribution in [2.45, 2.75) is 6.54 Å². The Balaban J connectivity index is 2.51. The van der Waals surface area contributed by atoms with Gasteiger partial charge in [0.15, 0.2) is 0 Å². The van der Waals surface area contributed by atoms with Gasteiger partial charge in [0.25, 0.3) is 0 Å². The zero-order valence-electron chi connectivity index (χ0n) is 7.14. The summed E-state index contributed by atoms with van der Waals surface area (Å²) in [7, 11) is 0. The second kappa shape index (κ2) is 3.42. The number of aromatic nitrogens is 2. The smallest absolute Gasteiger partial charge is 0.325 e. The predicted octanol–water partition coefficient (Wildman–Crippen LogP) is 1.88. The molecule has 0 aliphatic carbocycles. The first-order chi connectivity index (χ1) is 6.66. The van der Waals surface area contributed by atoms with Crippen LogP contribution in [0.5, 0.6) is 0 Å². The standard InChI is InChI=1S/C9H7BrN2O2/c10-7-2-1-3-8-6(7)4-12(11-8)5-9(13)14/h1-4H,5H2,(H,13,14). The molecule has 0 saturated heterocycles. The normalized spacial score (nSPS) is 10.6. The molecular weight excluding hydrogens is 248 g/mol. The van der Waals surface area contributed by atoms with Gasteiger partial charge in [-0.1, -0.05) is 22.0 Å². The van der Waals surface area contributed by atoms with E-state index in [2.05, 4.69) is 21.0 Å². The zero-order chi connectivity index (χ0) is 10.1. The highest BCUT2D eigenvalue weighted by Crippen LogP contribution is 2.22. The van der Waals surface area contributed by atoms with Crippen LogP contribution in [0.4, 0.5) is 0 Å². The lowest BCUT2D eigenvalue weighted by Crippen LogP contribution is -2.08. The lowest BCUT2D eigenvalue weighted by Gasteiger charge is -1.92. The van der Waals surface area contributed by atoms with Gasteiger partial charge in [-0.2, -0.15) is 5.10 Å². The minimum Gasteiger partial charge on any atom is -0.480 e. The van der Waals surface area contributed by atoms with E-state index in [0.29, 0.717) is 0 Å². The summed E-state index contributed by atoms with van der Waals surface area (Å²) in [6.45, 7) is -0.110. The number of fused-ring (bicyclic) bond motifs is 1. The number of hydrogen-bond acceptors (Lipinski definition) is 2. The molecule has 0 spiro atoms. The predicted molar refractivity (Wildman–Crippen MR) is 55.1 cm³/mol. The Bertz CT molecular complexity index is 493. The van der Waals surface area contributed by atoms with E-state index >= 15 is 0 Å². The fourth-order valence-electron chi connectivity index (χ4n) is 1.28. The molecule has 1 heterocycles. The monoisotopic (exact) mass is 254 g/mol. The molecule has 72 valence electrons. The molecule has 14 heavy (non-hydrogen) atoms. The van der Waals surface area contributed by atoms with Crippen LogP contribution in [-0.2, 0) is 11.3 Å². The van der Waals surface area contributed by atoms with E-state index in [1.165, 1.54) is 4.68 Å². The summed E-state index contributed by atoms with van der Waals surface area (Å²) in [4.78, 5) is 10.5. The number of benzene rings is 1. The van der Waals surface area contributed by atoms with Crippen LogP contribution in [0.15, 0.2) is 28.9 Å². The molecular formula is C9H7BrN2O2. The highest BCUT2D eigenvalue weighted by molar-refractivity contribution is 9.10. The number of rotatable bonds is 2. The van der Waals surface area contributed by atoms with E-state index in [1.54, 1.807) is 6.20 Å². The molecule has 1 N–H and O–H groups in total. The van der Waals surface area contributed by atoms with Gasteiger partial charge in [-0.15, -0.1) is 0 Å². The second-order valence-electron chi connectivity index (χ2n) is 2.89.